The van der Waals surface area contributed by atoms with Gasteiger partial charge in [-0.25, -0.2) is 4.98 Å². The summed E-state index contributed by atoms with van der Waals surface area (Å²) in [6.45, 7) is 1.13. The summed E-state index contributed by atoms with van der Waals surface area (Å²) in [6.07, 6.45) is 5.28. The molecule has 0 aliphatic rings. The molecule has 0 spiro atoms. The largest absolute Gasteiger partial charge is 0.368 e. The predicted octanol–water partition coefficient (Wildman–Crippen LogP) is 2.70. The van der Waals surface area contributed by atoms with Gasteiger partial charge >= 0.3 is 0 Å². The van der Waals surface area contributed by atoms with Crippen molar-refractivity contribution in [1.82, 2.24) is 14.9 Å². The molecule has 0 radical (unpaired) electrons. The minimum atomic E-state index is 0.0853. The van der Waals surface area contributed by atoms with Crippen LogP contribution in [0.15, 0.2) is 47.3 Å². The maximum atomic E-state index is 12.1. The van der Waals surface area contributed by atoms with Gasteiger partial charge < -0.3 is 10.2 Å². The summed E-state index contributed by atoms with van der Waals surface area (Å²) in [5, 5.41) is 3.08. The Hall–Kier alpha value is -1.95. The van der Waals surface area contributed by atoms with Crippen LogP contribution >= 0.6 is 15.9 Å². The molecule has 21 heavy (non-hydrogen) atoms. The fourth-order valence-electron chi connectivity index (χ4n) is 1.85. The third kappa shape index (κ3) is 4.82. The van der Waals surface area contributed by atoms with Gasteiger partial charge in [-0.05, 0) is 11.6 Å². The Morgan fingerprint density at radius 1 is 1.33 bits per heavy atom. The van der Waals surface area contributed by atoms with E-state index in [2.05, 4.69) is 31.2 Å². The Balaban J connectivity index is 1.79. The van der Waals surface area contributed by atoms with Crippen LogP contribution in [0.1, 0.15) is 12.0 Å². The minimum Gasteiger partial charge on any atom is -0.368 e. The van der Waals surface area contributed by atoms with E-state index in [-0.39, 0.29) is 5.91 Å². The first-order chi connectivity index (χ1) is 10.2. The van der Waals surface area contributed by atoms with E-state index in [0.29, 0.717) is 25.3 Å². The molecule has 0 saturated carbocycles. The molecule has 0 bridgehead atoms. The predicted molar refractivity (Wildman–Crippen MR) is 85.8 cm³/mol. The van der Waals surface area contributed by atoms with Gasteiger partial charge in [-0.3, -0.25) is 9.78 Å². The van der Waals surface area contributed by atoms with Crippen LogP contribution in [-0.2, 0) is 11.3 Å². The number of hydrogen-bond acceptors (Lipinski definition) is 4. The molecular formula is C15H17BrN4O. The molecule has 1 aromatic carbocycles. The monoisotopic (exact) mass is 348 g/mol. The van der Waals surface area contributed by atoms with Crippen LogP contribution in [0.3, 0.4) is 0 Å². The molecule has 0 unspecified atom stereocenters. The lowest BCUT2D eigenvalue weighted by Gasteiger charge is -2.18. The SMILES string of the molecule is CN(Cc1ccccc1Br)C(=O)CCNc1cnccn1. The first kappa shape index (κ1) is 15.4. The summed E-state index contributed by atoms with van der Waals surface area (Å²) < 4.78 is 1.02. The summed E-state index contributed by atoms with van der Waals surface area (Å²) in [7, 11) is 1.81. The highest BCUT2D eigenvalue weighted by Gasteiger charge is 2.10. The van der Waals surface area contributed by atoms with Crippen LogP contribution in [0.2, 0.25) is 0 Å². The highest BCUT2D eigenvalue weighted by atomic mass is 79.9. The fraction of sp³-hybridized carbons (Fsp3) is 0.267. The van der Waals surface area contributed by atoms with Gasteiger partial charge in [0, 0.05) is 43.4 Å². The van der Waals surface area contributed by atoms with E-state index in [1.165, 1.54) is 0 Å². The number of rotatable bonds is 6. The Bertz CT molecular complexity index is 591. The zero-order chi connectivity index (χ0) is 15.1. The van der Waals surface area contributed by atoms with Crippen molar-refractivity contribution < 1.29 is 4.79 Å². The molecule has 6 heteroatoms. The van der Waals surface area contributed by atoms with E-state index >= 15 is 0 Å². The number of halogens is 1. The number of anilines is 1. The van der Waals surface area contributed by atoms with Crippen LogP contribution < -0.4 is 5.32 Å². The summed E-state index contributed by atoms with van der Waals surface area (Å²) in [5.41, 5.74) is 1.09. The van der Waals surface area contributed by atoms with Gasteiger partial charge in [0.05, 0.1) is 6.20 Å². The van der Waals surface area contributed by atoms with Crippen molar-refractivity contribution in [2.45, 2.75) is 13.0 Å². The zero-order valence-corrected chi connectivity index (χ0v) is 13.4. The molecule has 0 aliphatic carbocycles. The Kier molecular flexibility index (Phi) is 5.68. The lowest BCUT2D eigenvalue weighted by Crippen LogP contribution is -2.28. The number of amides is 1. The van der Waals surface area contributed by atoms with Gasteiger partial charge in [0.1, 0.15) is 5.82 Å². The second kappa shape index (κ2) is 7.73. The molecule has 0 aliphatic heterocycles. The molecule has 1 amide bonds. The highest BCUT2D eigenvalue weighted by Crippen LogP contribution is 2.17. The topological polar surface area (TPSA) is 58.1 Å². The summed E-state index contributed by atoms with van der Waals surface area (Å²) >= 11 is 3.49. The van der Waals surface area contributed by atoms with Crippen molar-refractivity contribution in [2.24, 2.45) is 0 Å². The van der Waals surface area contributed by atoms with Crippen molar-refractivity contribution in [1.29, 1.82) is 0 Å². The van der Waals surface area contributed by atoms with Gasteiger partial charge in [0.25, 0.3) is 0 Å². The van der Waals surface area contributed by atoms with E-state index in [1.807, 2.05) is 31.3 Å². The molecule has 2 rings (SSSR count). The van der Waals surface area contributed by atoms with Crippen molar-refractivity contribution in [3.63, 3.8) is 0 Å². The minimum absolute atomic E-state index is 0.0853. The lowest BCUT2D eigenvalue weighted by atomic mass is 10.2. The average Bonchev–Trinajstić information content (AvgIpc) is 2.50. The fourth-order valence-corrected chi connectivity index (χ4v) is 2.26. The van der Waals surface area contributed by atoms with E-state index in [4.69, 9.17) is 0 Å². The second-order valence-corrected chi connectivity index (χ2v) is 5.46. The van der Waals surface area contributed by atoms with Crippen molar-refractivity contribution in [3.05, 3.63) is 52.9 Å². The molecule has 1 N–H and O–H groups in total. The van der Waals surface area contributed by atoms with Gasteiger partial charge in [-0.15, -0.1) is 0 Å². The molecule has 0 saturated heterocycles. The van der Waals surface area contributed by atoms with Gasteiger partial charge in [-0.1, -0.05) is 34.1 Å². The van der Waals surface area contributed by atoms with Gasteiger partial charge in [-0.2, -0.15) is 0 Å². The molecular weight excluding hydrogens is 332 g/mol. The van der Waals surface area contributed by atoms with Crippen molar-refractivity contribution in [3.8, 4) is 0 Å². The molecule has 110 valence electrons. The first-order valence-electron chi connectivity index (χ1n) is 6.64. The molecule has 2 aromatic rings. The zero-order valence-electron chi connectivity index (χ0n) is 11.8. The lowest BCUT2D eigenvalue weighted by molar-refractivity contribution is -0.130. The van der Waals surface area contributed by atoms with Crippen LogP contribution in [0.25, 0.3) is 0 Å². The van der Waals surface area contributed by atoms with E-state index in [1.54, 1.807) is 23.5 Å². The second-order valence-electron chi connectivity index (χ2n) is 4.61. The summed E-state index contributed by atoms with van der Waals surface area (Å²) in [5.74, 6) is 0.765. The quantitative estimate of drug-likeness (QED) is 0.871. The number of hydrogen-bond donors (Lipinski definition) is 1. The van der Waals surface area contributed by atoms with Crippen LogP contribution in [0.5, 0.6) is 0 Å². The third-order valence-corrected chi connectivity index (χ3v) is 3.77. The standard InChI is InChI=1S/C15H17BrN4O/c1-20(11-12-4-2-3-5-13(12)16)15(21)6-7-18-14-10-17-8-9-19-14/h2-5,8-10H,6-7,11H2,1H3,(H,18,19). The number of carbonyl (C=O) groups is 1. The van der Waals surface area contributed by atoms with Crippen molar-refractivity contribution in [2.75, 3.05) is 18.9 Å². The maximum absolute atomic E-state index is 12.1. The van der Waals surface area contributed by atoms with Crippen molar-refractivity contribution >= 4 is 27.7 Å². The number of benzene rings is 1. The van der Waals surface area contributed by atoms with E-state index < -0.39 is 0 Å². The molecule has 1 aromatic heterocycles. The van der Waals surface area contributed by atoms with Crippen LogP contribution in [0, 0.1) is 0 Å². The smallest absolute Gasteiger partial charge is 0.224 e. The average molecular weight is 349 g/mol. The number of nitrogens with zero attached hydrogens (tertiary/aromatic N) is 3. The van der Waals surface area contributed by atoms with E-state index in [0.717, 1.165) is 10.0 Å². The molecule has 1 heterocycles. The normalized spacial score (nSPS) is 10.2. The summed E-state index contributed by atoms with van der Waals surface area (Å²) in [4.78, 5) is 21.9. The first-order valence-corrected chi connectivity index (χ1v) is 7.43. The summed E-state index contributed by atoms with van der Waals surface area (Å²) in [6, 6.07) is 7.91. The Morgan fingerprint density at radius 2 is 2.14 bits per heavy atom. The van der Waals surface area contributed by atoms with Gasteiger partial charge in [0.15, 0.2) is 0 Å². The van der Waals surface area contributed by atoms with Crippen LogP contribution in [-0.4, -0.2) is 34.4 Å². The number of carbonyl (C=O) groups excluding carboxylic acids is 1. The molecule has 0 atom stereocenters. The number of nitrogens with one attached hydrogen (secondary N) is 1. The molecule has 0 fully saturated rings. The maximum Gasteiger partial charge on any atom is 0.224 e. The number of aromatic nitrogens is 2. The highest BCUT2D eigenvalue weighted by molar-refractivity contribution is 9.10. The van der Waals surface area contributed by atoms with Crippen LogP contribution in [0.4, 0.5) is 5.82 Å². The molecule has 5 nitrogen and oxygen atoms in total. The third-order valence-electron chi connectivity index (χ3n) is 3.00. The van der Waals surface area contributed by atoms with Gasteiger partial charge in [0.2, 0.25) is 5.91 Å². The Labute approximate surface area is 132 Å². The Morgan fingerprint density at radius 3 is 2.86 bits per heavy atom. The van der Waals surface area contributed by atoms with E-state index in [9.17, 15) is 4.79 Å².